The number of amides is 1. The number of rotatable bonds is 4. The molecule has 1 aliphatic heterocycles. The molecule has 1 aromatic carbocycles. The van der Waals surface area contributed by atoms with E-state index in [1.807, 2.05) is 23.1 Å². The van der Waals surface area contributed by atoms with Gasteiger partial charge in [0.1, 0.15) is 0 Å². The van der Waals surface area contributed by atoms with Gasteiger partial charge in [-0.1, -0.05) is 30.3 Å². The van der Waals surface area contributed by atoms with E-state index in [-0.39, 0.29) is 18.3 Å². The van der Waals surface area contributed by atoms with Crippen molar-refractivity contribution in [1.82, 2.24) is 20.4 Å². The van der Waals surface area contributed by atoms with Gasteiger partial charge in [0.2, 0.25) is 0 Å². The van der Waals surface area contributed by atoms with E-state index < -0.39 is 0 Å². The van der Waals surface area contributed by atoms with Crippen molar-refractivity contribution in [2.24, 2.45) is 0 Å². The van der Waals surface area contributed by atoms with Gasteiger partial charge in [0.15, 0.2) is 5.69 Å². The van der Waals surface area contributed by atoms with Gasteiger partial charge in [-0.15, -0.1) is 12.4 Å². The molecule has 1 aromatic heterocycles. The van der Waals surface area contributed by atoms with Crippen molar-refractivity contribution in [2.45, 2.75) is 38.4 Å². The molecule has 0 spiro atoms. The molecule has 0 saturated heterocycles. The van der Waals surface area contributed by atoms with E-state index in [4.69, 9.17) is 0 Å². The maximum absolute atomic E-state index is 13.0. The lowest BCUT2D eigenvalue weighted by Crippen LogP contribution is -2.34. The number of aromatic amines is 1. The number of nitrogens with one attached hydrogen (secondary N) is 2. The van der Waals surface area contributed by atoms with Crippen LogP contribution in [0.4, 0.5) is 0 Å². The molecule has 0 atom stereocenters. The summed E-state index contributed by atoms with van der Waals surface area (Å²) < 4.78 is 0. The average molecular weight is 333 g/mol. The molecule has 5 nitrogen and oxygen atoms in total. The quantitative estimate of drug-likeness (QED) is 0.903. The van der Waals surface area contributed by atoms with Gasteiger partial charge in [-0.3, -0.25) is 9.89 Å². The summed E-state index contributed by atoms with van der Waals surface area (Å²) in [6, 6.07) is 10.6. The van der Waals surface area contributed by atoms with Crippen molar-refractivity contribution >= 4 is 18.3 Å². The molecule has 0 unspecified atom stereocenters. The number of carbonyl (C=O) groups excluding carboxylic acids is 1. The van der Waals surface area contributed by atoms with Gasteiger partial charge >= 0.3 is 0 Å². The van der Waals surface area contributed by atoms with Gasteiger partial charge in [0.25, 0.3) is 5.91 Å². The highest BCUT2D eigenvalue weighted by molar-refractivity contribution is 5.94. The fourth-order valence-electron chi connectivity index (χ4n) is 3.07. The molecular formula is C17H21ClN4O. The molecule has 23 heavy (non-hydrogen) atoms. The monoisotopic (exact) mass is 332 g/mol. The number of aromatic nitrogens is 2. The van der Waals surface area contributed by atoms with Crippen molar-refractivity contribution < 1.29 is 4.79 Å². The van der Waals surface area contributed by atoms with Crippen molar-refractivity contribution in [3.63, 3.8) is 0 Å². The molecule has 4 rings (SSSR count). The fraction of sp³-hybridized carbons (Fsp3) is 0.412. The van der Waals surface area contributed by atoms with Crippen molar-refractivity contribution in [3.8, 4) is 0 Å². The predicted octanol–water partition coefficient (Wildman–Crippen LogP) is 2.28. The molecule has 122 valence electrons. The summed E-state index contributed by atoms with van der Waals surface area (Å²) in [5, 5.41) is 10.7. The van der Waals surface area contributed by atoms with E-state index in [0.29, 0.717) is 18.3 Å². The molecule has 1 saturated carbocycles. The Kier molecular flexibility index (Phi) is 4.68. The van der Waals surface area contributed by atoms with Gasteiger partial charge < -0.3 is 10.2 Å². The Balaban J connectivity index is 0.00000156. The predicted molar refractivity (Wildman–Crippen MR) is 90.6 cm³/mol. The minimum Gasteiger partial charge on any atom is -0.330 e. The van der Waals surface area contributed by atoms with E-state index in [0.717, 1.165) is 43.6 Å². The molecule has 2 aliphatic rings. The van der Waals surface area contributed by atoms with Gasteiger partial charge in [-0.2, -0.15) is 5.10 Å². The zero-order valence-corrected chi connectivity index (χ0v) is 13.7. The highest BCUT2D eigenvalue weighted by Crippen LogP contribution is 2.30. The van der Waals surface area contributed by atoms with Gasteiger partial charge in [-0.25, -0.2) is 0 Å². The van der Waals surface area contributed by atoms with Crippen LogP contribution >= 0.6 is 12.4 Å². The van der Waals surface area contributed by atoms with Crippen LogP contribution in [0, 0.1) is 0 Å². The summed E-state index contributed by atoms with van der Waals surface area (Å²) in [6.07, 6.45) is 3.12. The second-order valence-electron chi connectivity index (χ2n) is 6.11. The number of carbonyl (C=O) groups is 1. The number of hydrogen-bond donors (Lipinski definition) is 2. The molecule has 1 amide bonds. The molecular weight excluding hydrogens is 312 g/mol. The first kappa shape index (κ1) is 16.0. The number of benzene rings is 1. The topological polar surface area (TPSA) is 61.0 Å². The molecule has 2 aromatic rings. The fourth-order valence-corrected chi connectivity index (χ4v) is 3.07. The Morgan fingerprint density at radius 1 is 1.26 bits per heavy atom. The van der Waals surface area contributed by atoms with Crippen LogP contribution < -0.4 is 5.32 Å². The van der Waals surface area contributed by atoms with E-state index in [2.05, 4.69) is 27.6 Å². The Bertz CT molecular complexity index is 681. The Hall–Kier alpha value is -1.85. The van der Waals surface area contributed by atoms with E-state index in [1.54, 1.807) is 0 Å². The standard InChI is InChI=1S/C17H20N4O.ClH/c22-17(16-14-10-18-9-8-15(14)19-20-16)21(13-6-7-13)11-12-4-2-1-3-5-12;/h1-5,13,18H,6-11H2,(H,19,20);1H. The third-order valence-corrected chi connectivity index (χ3v) is 4.45. The summed E-state index contributed by atoms with van der Waals surface area (Å²) in [7, 11) is 0. The zero-order chi connectivity index (χ0) is 14.9. The van der Waals surface area contributed by atoms with Crippen LogP contribution in [0.25, 0.3) is 0 Å². The normalized spacial score (nSPS) is 16.3. The SMILES string of the molecule is Cl.O=C(c1n[nH]c2c1CNCC2)N(Cc1ccccc1)C1CC1. The number of nitrogens with zero attached hydrogens (tertiary/aromatic N) is 2. The smallest absolute Gasteiger partial charge is 0.275 e. The summed E-state index contributed by atoms with van der Waals surface area (Å²) in [5.74, 6) is 0.0625. The molecule has 1 fully saturated rings. The van der Waals surface area contributed by atoms with Crippen molar-refractivity contribution in [2.75, 3.05) is 6.54 Å². The first-order valence-electron chi connectivity index (χ1n) is 7.94. The maximum Gasteiger partial charge on any atom is 0.275 e. The summed E-state index contributed by atoms with van der Waals surface area (Å²) in [5.41, 5.74) is 3.93. The molecule has 2 N–H and O–H groups in total. The minimum absolute atomic E-state index is 0. The number of hydrogen-bond acceptors (Lipinski definition) is 3. The lowest BCUT2D eigenvalue weighted by molar-refractivity contribution is 0.0722. The molecule has 2 heterocycles. The molecule has 1 aliphatic carbocycles. The zero-order valence-electron chi connectivity index (χ0n) is 12.9. The lowest BCUT2D eigenvalue weighted by atomic mass is 10.1. The summed E-state index contributed by atoms with van der Waals surface area (Å²) >= 11 is 0. The Labute approximate surface area is 141 Å². The third kappa shape index (κ3) is 3.26. The molecule has 0 radical (unpaired) electrons. The van der Waals surface area contributed by atoms with E-state index in [1.165, 1.54) is 5.56 Å². The van der Waals surface area contributed by atoms with Gasteiger partial charge in [0.05, 0.1) is 0 Å². The second kappa shape index (κ2) is 6.72. The van der Waals surface area contributed by atoms with Crippen LogP contribution in [-0.4, -0.2) is 33.6 Å². The molecule has 0 bridgehead atoms. The first-order chi connectivity index (χ1) is 10.8. The highest BCUT2D eigenvalue weighted by atomic mass is 35.5. The maximum atomic E-state index is 13.0. The van der Waals surface area contributed by atoms with Gasteiger partial charge in [0, 0.05) is 43.4 Å². The highest BCUT2D eigenvalue weighted by Gasteiger charge is 2.35. The Morgan fingerprint density at radius 3 is 2.78 bits per heavy atom. The average Bonchev–Trinajstić information content (AvgIpc) is 3.31. The second-order valence-corrected chi connectivity index (χ2v) is 6.11. The van der Waals surface area contributed by atoms with Crippen molar-refractivity contribution in [3.05, 3.63) is 52.8 Å². The first-order valence-corrected chi connectivity index (χ1v) is 7.94. The van der Waals surface area contributed by atoms with Crippen molar-refractivity contribution in [1.29, 1.82) is 0 Å². The van der Waals surface area contributed by atoms with Crippen LogP contribution in [0.3, 0.4) is 0 Å². The lowest BCUT2D eigenvalue weighted by Gasteiger charge is -2.23. The van der Waals surface area contributed by atoms with Crippen LogP contribution in [0.1, 0.15) is 40.2 Å². The number of fused-ring (bicyclic) bond motifs is 1. The van der Waals surface area contributed by atoms with Crippen LogP contribution in [0.15, 0.2) is 30.3 Å². The minimum atomic E-state index is 0. The summed E-state index contributed by atoms with van der Waals surface area (Å²) in [4.78, 5) is 15.0. The van der Waals surface area contributed by atoms with Crippen LogP contribution in [-0.2, 0) is 19.5 Å². The Morgan fingerprint density at radius 2 is 2.04 bits per heavy atom. The number of halogens is 1. The van der Waals surface area contributed by atoms with E-state index >= 15 is 0 Å². The van der Waals surface area contributed by atoms with Gasteiger partial charge in [-0.05, 0) is 18.4 Å². The summed E-state index contributed by atoms with van der Waals surface area (Å²) in [6.45, 7) is 2.34. The third-order valence-electron chi connectivity index (χ3n) is 4.45. The number of H-pyrrole nitrogens is 1. The van der Waals surface area contributed by atoms with Crippen LogP contribution in [0.5, 0.6) is 0 Å². The van der Waals surface area contributed by atoms with Crippen LogP contribution in [0.2, 0.25) is 0 Å². The largest absolute Gasteiger partial charge is 0.330 e. The van der Waals surface area contributed by atoms with E-state index in [9.17, 15) is 4.79 Å². The molecule has 6 heteroatoms.